The van der Waals surface area contributed by atoms with Crippen molar-refractivity contribution in [2.45, 2.75) is 39.5 Å². The number of ether oxygens (including phenoxy) is 2. The van der Waals surface area contributed by atoms with Gasteiger partial charge < -0.3 is 9.47 Å². The van der Waals surface area contributed by atoms with Gasteiger partial charge in [0, 0.05) is 23.9 Å². The van der Waals surface area contributed by atoms with Crippen molar-refractivity contribution in [1.82, 2.24) is 9.97 Å². The van der Waals surface area contributed by atoms with Crippen LogP contribution >= 0.6 is 0 Å². The second kappa shape index (κ2) is 6.99. The van der Waals surface area contributed by atoms with E-state index in [1.54, 1.807) is 7.11 Å². The molecule has 1 atom stereocenters. The van der Waals surface area contributed by atoms with Gasteiger partial charge in [-0.3, -0.25) is 0 Å². The molecule has 0 unspecified atom stereocenters. The zero-order valence-electron chi connectivity index (χ0n) is 14.1. The van der Waals surface area contributed by atoms with Gasteiger partial charge in [0.1, 0.15) is 17.3 Å². The molecule has 0 spiro atoms. The molecule has 2 aromatic rings. The van der Waals surface area contributed by atoms with Crippen molar-refractivity contribution in [3.63, 3.8) is 0 Å². The molecule has 1 aromatic heterocycles. The number of methoxy groups -OCH3 is 1. The van der Waals surface area contributed by atoms with Crippen LogP contribution in [0.4, 0.5) is 0 Å². The predicted octanol–water partition coefficient (Wildman–Crippen LogP) is 3.54. The number of hydrogen-bond acceptors (Lipinski definition) is 4. The number of rotatable bonds is 5. The van der Waals surface area contributed by atoms with E-state index in [1.165, 1.54) is 16.8 Å². The highest BCUT2D eigenvalue weighted by atomic mass is 16.5. The molecule has 23 heavy (non-hydrogen) atoms. The normalized spacial score (nSPS) is 16.6. The third-order valence-corrected chi connectivity index (χ3v) is 4.33. The molecule has 3 rings (SSSR count). The largest absolute Gasteiger partial charge is 0.497 e. The lowest BCUT2D eigenvalue weighted by Crippen LogP contribution is -2.24. The lowest BCUT2D eigenvalue weighted by molar-refractivity contribution is 0.219. The lowest BCUT2D eigenvalue weighted by Gasteiger charge is -2.26. The van der Waals surface area contributed by atoms with Crippen LogP contribution in [0.2, 0.25) is 0 Å². The van der Waals surface area contributed by atoms with E-state index >= 15 is 0 Å². The Labute approximate surface area is 137 Å². The van der Waals surface area contributed by atoms with Gasteiger partial charge in [-0.15, -0.1) is 0 Å². The van der Waals surface area contributed by atoms with Gasteiger partial charge in [0.25, 0.3) is 0 Å². The van der Waals surface area contributed by atoms with Crippen LogP contribution in [0, 0.1) is 12.8 Å². The van der Waals surface area contributed by atoms with Crippen molar-refractivity contribution in [1.29, 1.82) is 0 Å². The van der Waals surface area contributed by atoms with E-state index in [-0.39, 0.29) is 0 Å². The zero-order valence-corrected chi connectivity index (χ0v) is 14.1. The van der Waals surface area contributed by atoms with Crippen LogP contribution in [0.25, 0.3) is 0 Å². The molecule has 0 saturated carbocycles. The number of fused-ring (bicyclic) bond motifs is 1. The molecule has 0 bridgehead atoms. The van der Waals surface area contributed by atoms with E-state index in [0.29, 0.717) is 5.92 Å². The summed E-state index contributed by atoms with van der Waals surface area (Å²) in [5.41, 5.74) is 3.72. The Morgan fingerprint density at radius 1 is 1.35 bits per heavy atom. The fourth-order valence-electron chi connectivity index (χ4n) is 3.14. The van der Waals surface area contributed by atoms with Crippen LogP contribution in [0.5, 0.6) is 11.5 Å². The highest BCUT2D eigenvalue weighted by molar-refractivity contribution is 5.42. The van der Waals surface area contributed by atoms with E-state index in [9.17, 15) is 0 Å². The number of benzene rings is 1. The van der Waals surface area contributed by atoms with E-state index in [1.807, 2.05) is 25.3 Å². The molecule has 0 aliphatic carbocycles. The van der Waals surface area contributed by atoms with Crippen LogP contribution in [0.15, 0.2) is 24.4 Å². The smallest absolute Gasteiger partial charge is 0.126 e. The average Bonchev–Trinajstić information content (AvgIpc) is 2.57. The summed E-state index contributed by atoms with van der Waals surface area (Å²) in [5.74, 6) is 3.11. The highest BCUT2D eigenvalue weighted by Gasteiger charge is 2.22. The molecule has 2 heterocycles. The van der Waals surface area contributed by atoms with E-state index in [0.717, 1.165) is 49.6 Å². The fourth-order valence-corrected chi connectivity index (χ4v) is 3.14. The van der Waals surface area contributed by atoms with Crippen molar-refractivity contribution in [2.75, 3.05) is 13.7 Å². The molecular weight excluding hydrogens is 288 g/mol. The van der Waals surface area contributed by atoms with Gasteiger partial charge in [-0.25, -0.2) is 9.97 Å². The third kappa shape index (κ3) is 3.63. The maximum atomic E-state index is 5.96. The number of aryl methyl sites for hydroxylation is 2. The van der Waals surface area contributed by atoms with Crippen LogP contribution in [0.1, 0.15) is 36.0 Å². The first-order valence-electron chi connectivity index (χ1n) is 8.30. The van der Waals surface area contributed by atoms with Crippen LogP contribution < -0.4 is 9.47 Å². The van der Waals surface area contributed by atoms with Gasteiger partial charge in [-0.05, 0) is 43.4 Å². The number of hydrogen-bond donors (Lipinski definition) is 0. The SMILES string of the molecule is CCCc1cnc(C)nc1C[C@@H]1COc2cc(OC)ccc2C1. The first-order valence-corrected chi connectivity index (χ1v) is 8.30. The lowest BCUT2D eigenvalue weighted by atomic mass is 9.91. The maximum absolute atomic E-state index is 5.96. The highest BCUT2D eigenvalue weighted by Crippen LogP contribution is 2.32. The molecule has 4 heteroatoms. The quantitative estimate of drug-likeness (QED) is 0.847. The van der Waals surface area contributed by atoms with Crippen LogP contribution in [0.3, 0.4) is 0 Å². The Bertz CT molecular complexity index is 685. The van der Waals surface area contributed by atoms with Crippen LogP contribution in [-0.2, 0) is 19.3 Å². The monoisotopic (exact) mass is 312 g/mol. The molecule has 0 saturated heterocycles. The molecule has 0 radical (unpaired) electrons. The molecule has 1 aliphatic heterocycles. The summed E-state index contributed by atoms with van der Waals surface area (Å²) in [6, 6.07) is 6.09. The van der Waals surface area contributed by atoms with E-state index in [2.05, 4.69) is 23.0 Å². The topological polar surface area (TPSA) is 44.2 Å². The summed E-state index contributed by atoms with van der Waals surface area (Å²) in [6.07, 6.45) is 6.11. The van der Waals surface area contributed by atoms with Gasteiger partial charge in [0.05, 0.1) is 13.7 Å². The van der Waals surface area contributed by atoms with Crippen molar-refractivity contribution in [3.8, 4) is 11.5 Å². The van der Waals surface area contributed by atoms with Gasteiger partial charge in [-0.2, -0.15) is 0 Å². The first kappa shape index (κ1) is 15.8. The first-order chi connectivity index (χ1) is 11.2. The van der Waals surface area contributed by atoms with Crippen molar-refractivity contribution in [2.24, 2.45) is 5.92 Å². The summed E-state index contributed by atoms with van der Waals surface area (Å²) in [6.45, 7) is 4.88. The Balaban J connectivity index is 1.76. The molecule has 0 amide bonds. The standard InChI is InChI=1S/C19H24N2O2/c1-4-5-16-11-20-13(2)21-18(16)9-14-8-15-6-7-17(22-3)10-19(15)23-12-14/h6-7,10-11,14H,4-5,8-9,12H2,1-3H3/t14-/m1/s1. The average molecular weight is 312 g/mol. The molecular formula is C19H24N2O2. The molecule has 1 aliphatic rings. The number of aromatic nitrogens is 2. The summed E-state index contributed by atoms with van der Waals surface area (Å²) >= 11 is 0. The van der Waals surface area contributed by atoms with Gasteiger partial charge >= 0.3 is 0 Å². The Morgan fingerprint density at radius 2 is 2.22 bits per heavy atom. The Kier molecular flexibility index (Phi) is 4.79. The van der Waals surface area contributed by atoms with E-state index < -0.39 is 0 Å². The maximum Gasteiger partial charge on any atom is 0.126 e. The zero-order chi connectivity index (χ0) is 16.2. The molecule has 4 nitrogen and oxygen atoms in total. The summed E-state index contributed by atoms with van der Waals surface area (Å²) in [7, 11) is 1.68. The van der Waals surface area contributed by atoms with Gasteiger partial charge in [-0.1, -0.05) is 19.4 Å². The minimum Gasteiger partial charge on any atom is -0.497 e. The molecule has 1 aromatic carbocycles. The summed E-state index contributed by atoms with van der Waals surface area (Å²) < 4.78 is 11.2. The minimum absolute atomic E-state index is 0.459. The van der Waals surface area contributed by atoms with Crippen molar-refractivity contribution < 1.29 is 9.47 Å². The second-order valence-electron chi connectivity index (χ2n) is 6.20. The Hall–Kier alpha value is -2.10. The molecule has 0 fully saturated rings. The number of nitrogens with zero attached hydrogens (tertiary/aromatic N) is 2. The Morgan fingerprint density at radius 3 is 3.00 bits per heavy atom. The molecule has 0 N–H and O–H groups in total. The van der Waals surface area contributed by atoms with Gasteiger partial charge in [0.2, 0.25) is 0 Å². The fraction of sp³-hybridized carbons (Fsp3) is 0.474. The van der Waals surface area contributed by atoms with Crippen LogP contribution in [-0.4, -0.2) is 23.7 Å². The third-order valence-electron chi connectivity index (χ3n) is 4.33. The van der Waals surface area contributed by atoms with Gasteiger partial charge in [0.15, 0.2) is 0 Å². The summed E-state index contributed by atoms with van der Waals surface area (Å²) in [4.78, 5) is 9.03. The minimum atomic E-state index is 0.459. The predicted molar refractivity (Wildman–Crippen MR) is 90.2 cm³/mol. The van der Waals surface area contributed by atoms with E-state index in [4.69, 9.17) is 9.47 Å². The van der Waals surface area contributed by atoms with Crippen molar-refractivity contribution in [3.05, 3.63) is 47.0 Å². The molecule has 122 valence electrons. The second-order valence-corrected chi connectivity index (χ2v) is 6.20. The van der Waals surface area contributed by atoms with Crippen molar-refractivity contribution >= 4 is 0 Å². The summed E-state index contributed by atoms with van der Waals surface area (Å²) in [5, 5.41) is 0.